The van der Waals surface area contributed by atoms with Crippen LogP contribution in [0.2, 0.25) is 0 Å². The Morgan fingerprint density at radius 3 is 2.63 bits per heavy atom. The van der Waals surface area contributed by atoms with Gasteiger partial charge in [0.25, 0.3) is 0 Å². The van der Waals surface area contributed by atoms with Gasteiger partial charge in [-0.2, -0.15) is 0 Å². The van der Waals surface area contributed by atoms with Gasteiger partial charge in [-0.25, -0.2) is 4.98 Å². The largest absolute Gasteiger partial charge is 0.320 e. The smallest absolute Gasteiger partial charge is 0.125 e. The summed E-state index contributed by atoms with van der Waals surface area (Å²) in [5.74, 6) is 1.23. The van der Waals surface area contributed by atoms with Crippen LogP contribution in [-0.2, 0) is 5.88 Å². The molecular weight excluding hydrogens is 260 g/mol. The molecule has 1 unspecified atom stereocenters. The molecule has 3 aromatic rings. The fourth-order valence-electron chi connectivity index (χ4n) is 2.32. The highest BCUT2D eigenvalue weighted by atomic mass is 35.5. The lowest BCUT2D eigenvalue weighted by atomic mass is 10.1. The number of nitrogens with zero attached hydrogens (tertiary/aromatic N) is 4. The van der Waals surface area contributed by atoms with Crippen molar-refractivity contribution in [1.82, 2.24) is 19.5 Å². The monoisotopic (exact) mass is 272 g/mol. The van der Waals surface area contributed by atoms with Gasteiger partial charge < -0.3 is 4.57 Å². The minimum Gasteiger partial charge on any atom is -0.320 e. The average Bonchev–Trinajstić information content (AvgIpc) is 2.86. The Kier molecular flexibility index (Phi) is 3.17. The zero-order chi connectivity index (χ0) is 13.2. The Morgan fingerprint density at radius 1 is 1.16 bits per heavy atom. The molecule has 0 amide bonds. The van der Waals surface area contributed by atoms with Gasteiger partial charge in [-0.05, 0) is 30.7 Å². The SMILES string of the molecule is CC(c1ccncc1)n1c(CCl)nc2cnccc21. The summed E-state index contributed by atoms with van der Waals surface area (Å²) in [4.78, 5) is 12.7. The highest BCUT2D eigenvalue weighted by Crippen LogP contribution is 2.25. The number of pyridine rings is 2. The van der Waals surface area contributed by atoms with Crippen molar-refractivity contribution >= 4 is 22.6 Å². The van der Waals surface area contributed by atoms with Crippen LogP contribution in [-0.4, -0.2) is 19.5 Å². The van der Waals surface area contributed by atoms with Gasteiger partial charge in [0.2, 0.25) is 0 Å². The van der Waals surface area contributed by atoms with Crippen LogP contribution in [0.1, 0.15) is 24.4 Å². The van der Waals surface area contributed by atoms with Crippen LogP contribution in [0.3, 0.4) is 0 Å². The summed E-state index contributed by atoms with van der Waals surface area (Å²) < 4.78 is 2.15. The van der Waals surface area contributed by atoms with E-state index in [1.165, 1.54) is 5.56 Å². The molecule has 19 heavy (non-hydrogen) atoms. The average molecular weight is 273 g/mol. The summed E-state index contributed by atoms with van der Waals surface area (Å²) in [5, 5.41) is 0. The normalized spacial score (nSPS) is 12.7. The fourth-order valence-corrected chi connectivity index (χ4v) is 2.51. The molecule has 1 atom stereocenters. The third kappa shape index (κ3) is 2.08. The van der Waals surface area contributed by atoms with E-state index in [1.54, 1.807) is 24.8 Å². The number of hydrogen-bond acceptors (Lipinski definition) is 3. The second-order valence-electron chi connectivity index (χ2n) is 4.35. The van der Waals surface area contributed by atoms with E-state index in [4.69, 9.17) is 11.6 Å². The van der Waals surface area contributed by atoms with Crippen molar-refractivity contribution < 1.29 is 0 Å². The molecule has 0 bridgehead atoms. The number of alkyl halides is 1. The lowest BCUT2D eigenvalue weighted by molar-refractivity contribution is 0.633. The minimum absolute atomic E-state index is 0.157. The quantitative estimate of drug-likeness (QED) is 0.688. The topological polar surface area (TPSA) is 43.6 Å². The third-order valence-corrected chi connectivity index (χ3v) is 3.50. The number of aromatic nitrogens is 4. The molecule has 0 N–H and O–H groups in total. The summed E-state index contributed by atoms with van der Waals surface area (Å²) in [6, 6.07) is 6.14. The Morgan fingerprint density at radius 2 is 1.89 bits per heavy atom. The molecule has 3 aromatic heterocycles. The summed E-state index contributed by atoms with van der Waals surface area (Å²) >= 11 is 6.02. The van der Waals surface area contributed by atoms with E-state index >= 15 is 0 Å². The van der Waals surface area contributed by atoms with E-state index in [0.29, 0.717) is 5.88 Å². The van der Waals surface area contributed by atoms with Gasteiger partial charge in [0.05, 0.1) is 23.6 Å². The summed E-state index contributed by atoms with van der Waals surface area (Å²) in [6.07, 6.45) is 7.14. The maximum Gasteiger partial charge on any atom is 0.125 e. The second-order valence-corrected chi connectivity index (χ2v) is 4.62. The first kappa shape index (κ1) is 12.1. The van der Waals surface area contributed by atoms with E-state index in [0.717, 1.165) is 16.9 Å². The molecule has 0 aliphatic rings. The molecule has 96 valence electrons. The standard InChI is InChI=1S/C14H13ClN4/c1-10(11-2-5-16-6-3-11)19-13-4-7-17-9-12(13)18-14(19)8-15/h2-7,9-10H,8H2,1H3. The first-order valence-electron chi connectivity index (χ1n) is 6.08. The van der Waals surface area contributed by atoms with Gasteiger partial charge in [0, 0.05) is 18.6 Å². The molecule has 0 aromatic carbocycles. The summed E-state index contributed by atoms with van der Waals surface area (Å²) in [5.41, 5.74) is 3.10. The van der Waals surface area contributed by atoms with Crippen LogP contribution < -0.4 is 0 Å². The molecule has 3 rings (SSSR count). The maximum absolute atomic E-state index is 6.02. The van der Waals surface area contributed by atoms with Crippen LogP contribution in [0.4, 0.5) is 0 Å². The molecule has 0 saturated heterocycles. The van der Waals surface area contributed by atoms with Gasteiger partial charge in [0.15, 0.2) is 0 Å². The minimum atomic E-state index is 0.157. The van der Waals surface area contributed by atoms with E-state index in [1.807, 2.05) is 18.2 Å². The molecule has 4 nitrogen and oxygen atoms in total. The molecule has 0 radical (unpaired) electrons. The number of hydrogen-bond donors (Lipinski definition) is 0. The number of halogens is 1. The summed E-state index contributed by atoms with van der Waals surface area (Å²) in [7, 11) is 0. The molecule has 3 heterocycles. The van der Waals surface area contributed by atoms with Gasteiger partial charge >= 0.3 is 0 Å². The Balaban J connectivity index is 2.18. The van der Waals surface area contributed by atoms with E-state index in [-0.39, 0.29) is 6.04 Å². The highest BCUT2D eigenvalue weighted by molar-refractivity contribution is 6.16. The molecule has 0 aliphatic carbocycles. The van der Waals surface area contributed by atoms with Crippen molar-refractivity contribution in [3.8, 4) is 0 Å². The van der Waals surface area contributed by atoms with Crippen LogP contribution >= 0.6 is 11.6 Å². The molecule has 0 spiro atoms. The van der Waals surface area contributed by atoms with E-state index in [2.05, 4.69) is 26.4 Å². The van der Waals surface area contributed by atoms with E-state index in [9.17, 15) is 0 Å². The predicted octanol–water partition coefficient (Wildman–Crippen LogP) is 3.17. The number of imidazole rings is 1. The number of rotatable bonds is 3. The maximum atomic E-state index is 6.02. The molecule has 0 fully saturated rings. The fraction of sp³-hybridized carbons (Fsp3) is 0.214. The van der Waals surface area contributed by atoms with Crippen molar-refractivity contribution in [2.24, 2.45) is 0 Å². The van der Waals surface area contributed by atoms with Crippen LogP contribution in [0.5, 0.6) is 0 Å². The van der Waals surface area contributed by atoms with E-state index < -0.39 is 0 Å². The zero-order valence-corrected chi connectivity index (χ0v) is 11.2. The van der Waals surface area contributed by atoms with Crippen molar-refractivity contribution in [2.75, 3.05) is 0 Å². The van der Waals surface area contributed by atoms with Crippen LogP contribution in [0, 0.1) is 0 Å². The lowest BCUT2D eigenvalue weighted by Gasteiger charge is -2.17. The van der Waals surface area contributed by atoms with Gasteiger partial charge in [0.1, 0.15) is 11.3 Å². The lowest BCUT2D eigenvalue weighted by Crippen LogP contribution is -2.09. The second kappa shape index (κ2) is 4.97. The zero-order valence-electron chi connectivity index (χ0n) is 10.5. The highest BCUT2D eigenvalue weighted by Gasteiger charge is 2.16. The summed E-state index contributed by atoms with van der Waals surface area (Å²) in [6.45, 7) is 2.13. The van der Waals surface area contributed by atoms with Crippen LogP contribution in [0.25, 0.3) is 11.0 Å². The predicted molar refractivity (Wildman–Crippen MR) is 75.1 cm³/mol. The van der Waals surface area contributed by atoms with Crippen LogP contribution in [0.15, 0.2) is 43.0 Å². The molecule has 0 saturated carbocycles. The molecule has 5 heteroatoms. The van der Waals surface area contributed by atoms with Crippen molar-refractivity contribution in [2.45, 2.75) is 18.8 Å². The van der Waals surface area contributed by atoms with Crippen molar-refractivity contribution in [3.63, 3.8) is 0 Å². The Labute approximate surface area is 116 Å². The third-order valence-electron chi connectivity index (χ3n) is 3.26. The first-order valence-corrected chi connectivity index (χ1v) is 6.61. The Bertz CT molecular complexity index is 693. The van der Waals surface area contributed by atoms with Gasteiger partial charge in [-0.3, -0.25) is 9.97 Å². The number of fused-ring (bicyclic) bond motifs is 1. The van der Waals surface area contributed by atoms with Gasteiger partial charge in [-0.15, -0.1) is 11.6 Å². The molecular formula is C14H13ClN4. The first-order chi connectivity index (χ1) is 9.31. The molecule has 0 aliphatic heterocycles. The van der Waals surface area contributed by atoms with Gasteiger partial charge in [-0.1, -0.05) is 0 Å². The Hall–Kier alpha value is -1.94. The van der Waals surface area contributed by atoms with Crippen molar-refractivity contribution in [3.05, 3.63) is 54.4 Å². The van der Waals surface area contributed by atoms with Crippen molar-refractivity contribution in [1.29, 1.82) is 0 Å².